The van der Waals surface area contributed by atoms with Crippen LogP contribution in [-0.4, -0.2) is 17.6 Å². The van der Waals surface area contributed by atoms with E-state index in [9.17, 15) is 4.79 Å². The molecule has 1 fully saturated rings. The summed E-state index contributed by atoms with van der Waals surface area (Å²) in [4.78, 5) is 11.6. The van der Waals surface area contributed by atoms with E-state index in [0.717, 1.165) is 12.8 Å². The van der Waals surface area contributed by atoms with Crippen LogP contribution in [0.5, 0.6) is 0 Å². The van der Waals surface area contributed by atoms with Crippen LogP contribution >= 0.6 is 11.6 Å². The molecule has 2 N–H and O–H groups in total. The molecule has 1 aromatic rings. The minimum absolute atomic E-state index is 0.0272. The highest BCUT2D eigenvalue weighted by molar-refractivity contribution is 6.30. The van der Waals surface area contributed by atoms with Crippen LogP contribution in [0.3, 0.4) is 0 Å². The van der Waals surface area contributed by atoms with Gasteiger partial charge in [0.05, 0.1) is 5.69 Å². The molecule has 1 aliphatic rings. The van der Waals surface area contributed by atoms with Crippen LogP contribution in [0, 0.1) is 17.8 Å². The minimum Gasteiger partial charge on any atom is -0.384 e. The van der Waals surface area contributed by atoms with Gasteiger partial charge in [0.25, 0.3) is 0 Å². The molecule has 1 aliphatic carbocycles. The Hall–Kier alpha value is -1.50. The van der Waals surface area contributed by atoms with Gasteiger partial charge < -0.3 is 10.4 Å². The largest absolute Gasteiger partial charge is 0.384 e. The first-order valence-corrected chi connectivity index (χ1v) is 5.78. The summed E-state index contributed by atoms with van der Waals surface area (Å²) < 4.78 is 0. The fraction of sp³-hybridized carbons (Fsp3) is 0.308. The van der Waals surface area contributed by atoms with Gasteiger partial charge in [-0.1, -0.05) is 23.4 Å². The van der Waals surface area contributed by atoms with Gasteiger partial charge in [-0.3, -0.25) is 4.79 Å². The summed E-state index contributed by atoms with van der Waals surface area (Å²) in [5.41, 5.74) is 1.27. The van der Waals surface area contributed by atoms with Crippen molar-refractivity contribution in [2.45, 2.75) is 12.8 Å². The summed E-state index contributed by atoms with van der Waals surface area (Å²) in [6.07, 6.45) is 1.91. The third-order valence-corrected chi connectivity index (χ3v) is 2.72. The van der Waals surface area contributed by atoms with Crippen molar-refractivity contribution in [3.05, 3.63) is 28.8 Å². The van der Waals surface area contributed by atoms with Gasteiger partial charge in [0, 0.05) is 16.5 Å². The molecule has 0 aromatic heterocycles. The number of aliphatic hydroxyl groups is 1. The molecule has 88 valence electrons. The fourth-order valence-corrected chi connectivity index (χ4v) is 1.62. The number of amides is 1. The van der Waals surface area contributed by atoms with E-state index in [4.69, 9.17) is 16.7 Å². The number of benzene rings is 1. The van der Waals surface area contributed by atoms with Gasteiger partial charge in [-0.05, 0) is 31.0 Å². The van der Waals surface area contributed by atoms with Crippen LogP contribution in [0.2, 0.25) is 5.02 Å². The van der Waals surface area contributed by atoms with Crippen molar-refractivity contribution in [2.75, 3.05) is 11.9 Å². The Morgan fingerprint density at radius 1 is 1.53 bits per heavy atom. The Labute approximate surface area is 105 Å². The molecule has 0 heterocycles. The molecule has 0 atom stereocenters. The predicted octanol–water partition coefficient (Wildman–Crippen LogP) is 2.03. The van der Waals surface area contributed by atoms with Crippen molar-refractivity contribution in [1.29, 1.82) is 0 Å². The number of halogens is 1. The normalized spacial score (nSPS) is 13.8. The van der Waals surface area contributed by atoms with Crippen molar-refractivity contribution in [1.82, 2.24) is 0 Å². The summed E-state index contributed by atoms with van der Waals surface area (Å²) in [7, 11) is 0. The molecule has 1 amide bonds. The first kappa shape index (κ1) is 12.0. The van der Waals surface area contributed by atoms with Gasteiger partial charge in [0.2, 0.25) is 5.91 Å². The van der Waals surface area contributed by atoms with E-state index in [2.05, 4.69) is 17.2 Å². The lowest BCUT2D eigenvalue weighted by molar-refractivity contribution is -0.117. The molecule has 17 heavy (non-hydrogen) atoms. The zero-order valence-electron chi connectivity index (χ0n) is 9.16. The standard InChI is InChI=1S/C13H12ClNO2/c14-11-5-6-12(10(8-11)2-1-7-16)15-13(17)9-3-4-9/h5-6,8-9,16H,3-4,7H2,(H,15,17). The molecule has 0 spiro atoms. The number of hydrogen-bond donors (Lipinski definition) is 2. The first-order valence-electron chi connectivity index (χ1n) is 5.41. The predicted molar refractivity (Wildman–Crippen MR) is 66.8 cm³/mol. The number of hydrogen-bond acceptors (Lipinski definition) is 2. The summed E-state index contributed by atoms with van der Waals surface area (Å²) in [6.45, 7) is -0.220. The Bertz CT molecular complexity index is 498. The van der Waals surface area contributed by atoms with Crippen molar-refractivity contribution in [3.63, 3.8) is 0 Å². The quantitative estimate of drug-likeness (QED) is 0.788. The number of anilines is 1. The fourth-order valence-electron chi connectivity index (χ4n) is 1.44. The molecule has 1 aromatic carbocycles. The molecule has 0 radical (unpaired) electrons. The molecule has 0 bridgehead atoms. The van der Waals surface area contributed by atoms with E-state index < -0.39 is 0 Å². The molecular formula is C13H12ClNO2. The summed E-state index contributed by atoms with van der Waals surface area (Å²) in [5.74, 6) is 5.49. The highest BCUT2D eigenvalue weighted by Gasteiger charge is 2.29. The van der Waals surface area contributed by atoms with Gasteiger partial charge in [0.1, 0.15) is 6.61 Å². The van der Waals surface area contributed by atoms with E-state index in [1.165, 1.54) is 0 Å². The lowest BCUT2D eigenvalue weighted by atomic mass is 10.1. The second kappa shape index (κ2) is 5.22. The van der Waals surface area contributed by atoms with E-state index in [1.54, 1.807) is 18.2 Å². The maximum Gasteiger partial charge on any atom is 0.227 e. The number of carbonyl (C=O) groups is 1. The summed E-state index contributed by atoms with van der Waals surface area (Å²) in [6, 6.07) is 5.10. The van der Waals surface area contributed by atoms with Crippen molar-refractivity contribution >= 4 is 23.2 Å². The van der Waals surface area contributed by atoms with Gasteiger partial charge in [0.15, 0.2) is 0 Å². The van der Waals surface area contributed by atoms with E-state index >= 15 is 0 Å². The van der Waals surface area contributed by atoms with Crippen LogP contribution in [-0.2, 0) is 4.79 Å². The van der Waals surface area contributed by atoms with Crippen molar-refractivity contribution in [2.24, 2.45) is 5.92 Å². The molecule has 4 heteroatoms. The number of carbonyl (C=O) groups excluding carboxylic acids is 1. The minimum atomic E-state index is -0.220. The topological polar surface area (TPSA) is 49.3 Å². The molecule has 1 saturated carbocycles. The van der Waals surface area contributed by atoms with Crippen LogP contribution in [0.1, 0.15) is 18.4 Å². The van der Waals surface area contributed by atoms with Crippen LogP contribution in [0.25, 0.3) is 0 Å². The first-order chi connectivity index (χ1) is 8.20. The average Bonchev–Trinajstić information content (AvgIpc) is 3.13. The molecule has 0 aliphatic heterocycles. The second-order valence-corrected chi connectivity index (χ2v) is 4.35. The van der Waals surface area contributed by atoms with Crippen LogP contribution in [0.15, 0.2) is 18.2 Å². The Balaban J connectivity index is 2.21. The Kier molecular flexibility index (Phi) is 3.68. The van der Waals surface area contributed by atoms with E-state index in [-0.39, 0.29) is 18.4 Å². The zero-order chi connectivity index (χ0) is 12.3. The SMILES string of the molecule is O=C(Nc1ccc(Cl)cc1C#CCO)C1CC1. The monoisotopic (exact) mass is 249 g/mol. The third kappa shape index (κ3) is 3.23. The summed E-state index contributed by atoms with van der Waals surface area (Å²) in [5, 5.41) is 12.1. The molecule has 0 unspecified atom stereocenters. The van der Waals surface area contributed by atoms with E-state index in [0.29, 0.717) is 16.3 Å². The molecule has 0 saturated heterocycles. The summed E-state index contributed by atoms with van der Waals surface area (Å²) >= 11 is 5.86. The maximum absolute atomic E-state index is 11.6. The third-order valence-electron chi connectivity index (χ3n) is 2.49. The molecule has 2 rings (SSSR count). The van der Waals surface area contributed by atoms with Crippen LogP contribution < -0.4 is 5.32 Å². The molecular weight excluding hydrogens is 238 g/mol. The van der Waals surface area contributed by atoms with Crippen LogP contribution in [0.4, 0.5) is 5.69 Å². The van der Waals surface area contributed by atoms with Gasteiger partial charge in [-0.15, -0.1) is 0 Å². The zero-order valence-corrected chi connectivity index (χ0v) is 9.92. The second-order valence-electron chi connectivity index (χ2n) is 3.91. The van der Waals surface area contributed by atoms with Gasteiger partial charge in [-0.25, -0.2) is 0 Å². The van der Waals surface area contributed by atoms with E-state index in [1.807, 2.05) is 0 Å². The van der Waals surface area contributed by atoms with Crippen molar-refractivity contribution < 1.29 is 9.90 Å². The van der Waals surface area contributed by atoms with Gasteiger partial charge in [-0.2, -0.15) is 0 Å². The van der Waals surface area contributed by atoms with Crippen molar-refractivity contribution in [3.8, 4) is 11.8 Å². The molecule has 3 nitrogen and oxygen atoms in total. The highest BCUT2D eigenvalue weighted by atomic mass is 35.5. The maximum atomic E-state index is 11.6. The lowest BCUT2D eigenvalue weighted by Gasteiger charge is -2.07. The highest BCUT2D eigenvalue weighted by Crippen LogP contribution is 2.31. The smallest absolute Gasteiger partial charge is 0.227 e. The lowest BCUT2D eigenvalue weighted by Crippen LogP contribution is -2.14. The number of nitrogens with one attached hydrogen (secondary N) is 1. The Morgan fingerprint density at radius 3 is 2.94 bits per heavy atom. The average molecular weight is 250 g/mol. The number of aliphatic hydroxyl groups excluding tert-OH is 1. The number of rotatable bonds is 2. The Morgan fingerprint density at radius 2 is 2.29 bits per heavy atom. The van der Waals surface area contributed by atoms with Gasteiger partial charge >= 0.3 is 0 Å².